The van der Waals surface area contributed by atoms with Gasteiger partial charge in [0.1, 0.15) is 17.6 Å². The molecule has 1 aromatic heterocycles. The lowest BCUT2D eigenvalue weighted by Gasteiger charge is -2.29. The van der Waals surface area contributed by atoms with Crippen molar-refractivity contribution in [3.63, 3.8) is 0 Å². The number of nitrogens with zero attached hydrogens (tertiary/aromatic N) is 1. The summed E-state index contributed by atoms with van der Waals surface area (Å²) in [5.74, 6) is -2.11. The number of nitrogens with two attached hydrogens (primary N) is 1. The van der Waals surface area contributed by atoms with E-state index in [0.29, 0.717) is 5.76 Å². The van der Waals surface area contributed by atoms with Gasteiger partial charge in [0.25, 0.3) is 0 Å². The van der Waals surface area contributed by atoms with Crippen LogP contribution in [0.4, 0.5) is 0 Å². The lowest BCUT2D eigenvalue weighted by atomic mass is 9.76. The molecule has 2 aromatic rings. The van der Waals surface area contributed by atoms with Gasteiger partial charge in [-0.15, -0.1) is 0 Å². The summed E-state index contributed by atoms with van der Waals surface area (Å²) in [5, 5.41) is 11.4. The Morgan fingerprint density at radius 2 is 1.93 bits per heavy atom. The van der Waals surface area contributed by atoms with E-state index in [1.807, 2.05) is 0 Å². The number of aromatic hydroxyl groups is 1. The molecule has 0 spiro atoms. The molecule has 2 aliphatic rings. The summed E-state index contributed by atoms with van der Waals surface area (Å²) in [5.41, 5.74) is -0.558. The molecular weight excluding hydrogens is 388 g/mol. The number of carbonyl (C=O) groups is 3. The van der Waals surface area contributed by atoms with Gasteiger partial charge < -0.3 is 19.6 Å². The fraction of sp³-hybridized carbons (Fsp3) is 0.409. The van der Waals surface area contributed by atoms with Crippen LogP contribution >= 0.6 is 0 Å². The first-order valence-electron chi connectivity index (χ1n) is 10.1. The third kappa shape index (κ3) is 2.99. The Morgan fingerprint density at radius 1 is 1.20 bits per heavy atom. The molecule has 30 heavy (non-hydrogen) atoms. The minimum Gasteiger partial charge on any atom is -0.508 e. The normalized spacial score (nSPS) is 28.1. The van der Waals surface area contributed by atoms with Crippen molar-refractivity contribution in [2.24, 2.45) is 11.8 Å². The van der Waals surface area contributed by atoms with Gasteiger partial charge >= 0.3 is 5.97 Å². The second kappa shape index (κ2) is 7.60. The summed E-state index contributed by atoms with van der Waals surface area (Å²) in [6, 6.07) is 9.44. The van der Waals surface area contributed by atoms with Gasteiger partial charge in [-0.25, -0.2) is 4.79 Å². The van der Waals surface area contributed by atoms with E-state index in [-0.39, 0.29) is 37.1 Å². The molecule has 0 unspecified atom stereocenters. The van der Waals surface area contributed by atoms with Crippen molar-refractivity contribution in [2.75, 3.05) is 13.2 Å². The molecule has 3 N–H and O–H groups in total. The van der Waals surface area contributed by atoms with Crippen LogP contribution in [-0.4, -0.2) is 46.5 Å². The first-order valence-corrected chi connectivity index (χ1v) is 10.1. The highest BCUT2D eigenvalue weighted by Gasteiger charge is 2.72. The molecule has 0 radical (unpaired) electrons. The van der Waals surface area contributed by atoms with Crippen LogP contribution in [0.1, 0.15) is 31.2 Å². The molecule has 2 fully saturated rings. The Labute approximate surface area is 173 Å². The number of fused-ring (bicyclic) bond motifs is 1. The molecule has 158 valence electrons. The number of imide groups is 1. The fourth-order valence-electron chi connectivity index (χ4n) is 4.89. The summed E-state index contributed by atoms with van der Waals surface area (Å²) in [7, 11) is 0. The van der Waals surface area contributed by atoms with Gasteiger partial charge in [-0.05, 0) is 43.7 Å². The largest absolute Gasteiger partial charge is 0.508 e. The zero-order chi connectivity index (χ0) is 21.5. The molecule has 0 saturated carbocycles. The van der Waals surface area contributed by atoms with Gasteiger partial charge in [0.05, 0.1) is 12.9 Å². The van der Waals surface area contributed by atoms with Crippen LogP contribution in [0.15, 0.2) is 47.1 Å². The first-order chi connectivity index (χ1) is 14.4. The molecule has 8 heteroatoms. The van der Waals surface area contributed by atoms with E-state index in [2.05, 4.69) is 0 Å². The van der Waals surface area contributed by atoms with Crippen molar-refractivity contribution in [2.45, 2.75) is 31.8 Å². The highest BCUT2D eigenvalue weighted by atomic mass is 16.5. The number of phenols is 1. The summed E-state index contributed by atoms with van der Waals surface area (Å²) in [6.45, 7) is 3.86. The van der Waals surface area contributed by atoms with Crippen LogP contribution in [-0.2, 0) is 25.5 Å². The van der Waals surface area contributed by atoms with Crippen molar-refractivity contribution in [3.8, 4) is 5.75 Å². The van der Waals surface area contributed by atoms with Crippen molar-refractivity contribution < 1.29 is 34.0 Å². The predicted molar refractivity (Wildman–Crippen MR) is 104 cm³/mol. The number of furan rings is 1. The number of ether oxygens (including phenoxy) is 1. The number of esters is 1. The maximum absolute atomic E-state index is 13.3. The van der Waals surface area contributed by atoms with E-state index in [1.165, 1.54) is 23.3 Å². The average Bonchev–Trinajstić information content (AvgIpc) is 3.42. The maximum Gasteiger partial charge on any atom is 0.369 e. The molecule has 4 rings (SSSR count). The molecule has 3 heterocycles. The third-order valence-corrected chi connectivity index (χ3v) is 6.14. The minimum absolute atomic E-state index is 0.106. The summed E-state index contributed by atoms with van der Waals surface area (Å²) in [6.07, 6.45) is 1.70. The van der Waals surface area contributed by atoms with Gasteiger partial charge in [0.15, 0.2) is 11.8 Å². The standard InChI is InChI=1S/C22H24N2O6/c1-3-24-19(26)16-17(20(24)27)22(21(28)29-4-2,12-13-7-9-14(25)10-8-13)23-18(16)15-6-5-11-30-15/h5-11,16-18,23,25H,3-4,12H2,1-2H3/p+1/t16-,17+,18-,22+/m0/s1. The molecule has 2 aliphatic heterocycles. The number of hydrogen-bond donors (Lipinski definition) is 2. The molecule has 0 bridgehead atoms. The Balaban J connectivity index is 1.84. The topological polar surface area (TPSA) is 114 Å². The van der Waals surface area contributed by atoms with Crippen molar-refractivity contribution in [3.05, 3.63) is 54.0 Å². The third-order valence-electron chi connectivity index (χ3n) is 6.14. The summed E-state index contributed by atoms with van der Waals surface area (Å²) >= 11 is 0. The minimum atomic E-state index is -1.31. The smallest absolute Gasteiger partial charge is 0.369 e. The van der Waals surface area contributed by atoms with Crippen molar-refractivity contribution in [1.29, 1.82) is 0 Å². The molecular formula is C22H25N2O6+. The Hall–Kier alpha value is -3.13. The maximum atomic E-state index is 13.3. The van der Waals surface area contributed by atoms with E-state index < -0.39 is 29.4 Å². The molecule has 2 amide bonds. The lowest BCUT2D eigenvalue weighted by molar-refractivity contribution is -0.735. The van der Waals surface area contributed by atoms with E-state index in [1.54, 1.807) is 43.4 Å². The molecule has 4 atom stereocenters. The van der Waals surface area contributed by atoms with Crippen molar-refractivity contribution in [1.82, 2.24) is 4.90 Å². The van der Waals surface area contributed by atoms with Crippen LogP contribution in [0.3, 0.4) is 0 Å². The summed E-state index contributed by atoms with van der Waals surface area (Å²) < 4.78 is 11.0. The van der Waals surface area contributed by atoms with Gasteiger partial charge in [0.2, 0.25) is 17.4 Å². The van der Waals surface area contributed by atoms with Gasteiger partial charge in [-0.2, -0.15) is 0 Å². The number of carbonyl (C=O) groups excluding carboxylic acids is 3. The number of quaternary nitrogens is 1. The van der Waals surface area contributed by atoms with Crippen LogP contribution < -0.4 is 5.32 Å². The van der Waals surface area contributed by atoms with E-state index in [0.717, 1.165) is 5.56 Å². The van der Waals surface area contributed by atoms with Gasteiger partial charge in [-0.3, -0.25) is 14.5 Å². The molecule has 0 aliphatic carbocycles. The second-order valence-corrected chi connectivity index (χ2v) is 7.74. The van der Waals surface area contributed by atoms with E-state index >= 15 is 0 Å². The lowest BCUT2D eigenvalue weighted by Crippen LogP contribution is -2.98. The van der Waals surface area contributed by atoms with Gasteiger partial charge in [0, 0.05) is 13.0 Å². The zero-order valence-corrected chi connectivity index (χ0v) is 16.9. The number of amides is 2. The molecule has 1 aromatic carbocycles. The predicted octanol–water partition coefficient (Wildman–Crippen LogP) is 0.769. The molecule has 8 nitrogen and oxygen atoms in total. The number of likely N-dealkylation sites (tertiary alicyclic amines) is 1. The zero-order valence-electron chi connectivity index (χ0n) is 16.9. The van der Waals surface area contributed by atoms with Crippen LogP contribution in [0, 0.1) is 11.8 Å². The van der Waals surface area contributed by atoms with E-state index in [9.17, 15) is 19.5 Å². The monoisotopic (exact) mass is 413 g/mol. The second-order valence-electron chi connectivity index (χ2n) is 7.74. The fourth-order valence-corrected chi connectivity index (χ4v) is 4.89. The first kappa shape index (κ1) is 20.2. The SMILES string of the molecule is CCOC(=O)[C@]1(Cc2ccc(O)cc2)[NH2+][C@@H](c2ccco2)[C@H]2C(=O)N(CC)C(=O)[C@@H]21. The Morgan fingerprint density at radius 3 is 2.53 bits per heavy atom. The van der Waals surface area contributed by atoms with Crippen LogP contribution in [0.25, 0.3) is 0 Å². The van der Waals surface area contributed by atoms with Gasteiger partial charge in [-0.1, -0.05) is 12.1 Å². The van der Waals surface area contributed by atoms with Crippen molar-refractivity contribution >= 4 is 17.8 Å². The number of hydrogen-bond acceptors (Lipinski definition) is 6. The molecule has 2 saturated heterocycles. The number of benzene rings is 1. The number of phenolic OH excluding ortho intramolecular Hbond substituents is 1. The average molecular weight is 413 g/mol. The summed E-state index contributed by atoms with van der Waals surface area (Å²) in [4.78, 5) is 41.0. The van der Waals surface area contributed by atoms with E-state index in [4.69, 9.17) is 9.15 Å². The highest BCUT2D eigenvalue weighted by molar-refractivity contribution is 6.08. The Bertz CT molecular complexity index is 955. The quantitative estimate of drug-likeness (QED) is 0.534. The number of rotatable bonds is 6. The Kier molecular flexibility index (Phi) is 5.11. The van der Waals surface area contributed by atoms with Crippen LogP contribution in [0.2, 0.25) is 0 Å². The van der Waals surface area contributed by atoms with Crippen LogP contribution in [0.5, 0.6) is 5.75 Å². The highest BCUT2D eigenvalue weighted by Crippen LogP contribution is 2.45.